The summed E-state index contributed by atoms with van der Waals surface area (Å²) >= 11 is 9.09. The Labute approximate surface area is 123 Å². The molecule has 0 aliphatic carbocycles. The van der Waals surface area contributed by atoms with E-state index in [1.165, 1.54) is 12.1 Å². The number of hydrogen-bond acceptors (Lipinski definition) is 3. The molecular weight excluding hydrogens is 334 g/mol. The van der Waals surface area contributed by atoms with Crippen LogP contribution in [-0.4, -0.2) is 4.92 Å². The molecular formula is C13H9BrClNO3. The van der Waals surface area contributed by atoms with Crippen molar-refractivity contribution in [3.63, 3.8) is 0 Å². The molecule has 0 spiro atoms. The fourth-order valence-electron chi connectivity index (χ4n) is 1.52. The van der Waals surface area contributed by atoms with E-state index in [1.54, 1.807) is 12.1 Å². The van der Waals surface area contributed by atoms with Crippen LogP contribution in [0.4, 0.5) is 5.69 Å². The van der Waals surface area contributed by atoms with Crippen molar-refractivity contribution in [3.05, 3.63) is 61.6 Å². The molecule has 0 atom stereocenters. The van der Waals surface area contributed by atoms with Crippen molar-refractivity contribution in [1.29, 1.82) is 0 Å². The molecule has 4 nitrogen and oxygen atoms in total. The molecule has 19 heavy (non-hydrogen) atoms. The van der Waals surface area contributed by atoms with Crippen molar-refractivity contribution in [1.82, 2.24) is 0 Å². The van der Waals surface area contributed by atoms with E-state index in [4.69, 9.17) is 16.3 Å². The summed E-state index contributed by atoms with van der Waals surface area (Å²) in [5.74, 6) is 0.718. The predicted octanol–water partition coefficient (Wildman–Crippen LogP) is 5.11. The topological polar surface area (TPSA) is 52.4 Å². The molecule has 2 rings (SSSR count). The van der Waals surface area contributed by atoms with Crippen LogP contribution in [0.1, 0.15) is 5.56 Å². The van der Waals surface area contributed by atoms with Gasteiger partial charge in [0.1, 0.15) is 5.75 Å². The van der Waals surface area contributed by atoms with Crippen LogP contribution >= 0.6 is 27.5 Å². The predicted molar refractivity (Wildman–Crippen MR) is 77.1 cm³/mol. The Hall–Kier alpha value is -1.59. The first kappa shape index (κ1) is 13.8. The molecule has 0 bridgehead atoms. The molecule has 2 aromatic rings. The second kappa shape index (κ2) is 5.59. The average Bonchev–Trinajstić information content (AvgIpc) is 2.35. The molecule has 6 heteroatoms. The Bertz CT molecular complexity index is 646. The van der Waals surface area contributed by atoms with E-state index in [2.05, 4.69) is 15.9 Å². The second-order valence-corrected chi connectivity index (χ2v) is 5.23. The van der Waals surface area contributed by atoms with Crippen LogP contribution in [0.3, 0.4) is 0 Å². The zero-order valence-electron chi connectivity index (χ0n) is 9.89. The van der Waals surface area contributed by atoms with Gasteiger partial charge in [-0.1, -0.05) is 33.6 Å². The lowest BCUT2D eigenvalue weighted by atomic mass is 10.2. The smallest absolute Gasteiger partial charge is 0.313 e. The number of ether oxygens (including phenoxy) is 1. The SMILES string of the molecule is Cc1ccc(Br)cc1Oc1ccc(Cl)cc1[N+](=O)[O-]. The Morgan fingerprint density at radius 1 is 1.21 bits per heavy atom. The Morgan fingerprint density at radius 2 is 1.95 bits per heavy atom. The van der Waals surface area contributed by atoms with Crippen LogP contribution in [0.15, 0.2) is 40.9 Å². The van der Waals surface area contributed by atoms with Crippen molar-refractivity contribution < 1.29 is 9.66 Å². The van der Waals surface area contributed by atoms with Crippen LogP contribution in [0, 0.1) is 17.0 Å². The van der Waals surface area contributed by atoms with Crippen LogP contribution < -0.4 is 4.74 Å². The lowest BCUT2D eigenvalue weighted by molar-refractivity contribution is -0.385. The fourth-order valence-corrected chi connectivity index (χ4v) is 2.03. The summed E-state index contributed by atoms with van der Waals surface area (Å²) in [6.45, 7) is 1.86. The Balaban J connectivity index is 2.43. The summed E-state index contributed by atoms with van der Waals surface area (Å²) in [6.07, 6.45) is 0. The molecule has 0 radical (unpaired) electrons. The first-order valence-electron chi connectivity index (χ1n) is 5.35. The number of halogens is 2. The van der Waals surface area contributed by atoms with Gasteiger partial charge in [0.25, 0.3) is 0 Å². The van der Waals surface area contributed by atoms with Crippen molar-refractivity contribution in [3.8, 4) is 11.5 Å². The van der Waals surface area contributed by atoms with E-state index in [0.29, 0.717) is 10.8 Å². The number of nitro groups is 1. The minimum Gasteiger partial charge on any atom is -0.450 e. The minimum absolute atomic E-state index is 0.160. The summed E-state index contributed by atoms with van der Waals surface area (Å²) in [7, 11) is 0. The first-order chi connectivity index (χ1) is 8.97. The molecule has 0 aliphatic heterocycles. The van der Waals surface area contributed by atoms with Crippen LogP contribution in [-0.2, 0) is 0 Å². The van der Waals surface area contributed by atoms with E-state index < -0.39 is 4.92 Å². The molecule has 2 aromatic carbocycles. The van der Waals surface area contributed by atoms with Gasteiger partial charge in [-0.2, -0.15) is 0 Å². The zero-order chi connectivity index (χ0) is 14.0. The maximum absolute atomic E-state index is 11.0. The van der Waals surface area contributed by atoms with Crippen molar-refractivity contribution >= 4 is 33.2 Å². The molecule has 0 fully saturated rings. The standard InChI is InChI=1S/C13H9BrClNO3/c1-8-2-3-9(14)6-13(8)19-12-5-4-10(15)7-11(12)16(17)18/h2-7H,1H3. The minimum atomic E-state index is -0.519. The molecule has 0 amide bonds. The van der Waals surface area contributed by atoms with Gasteiger partial charge in [-0.05, 0) is 36.8 Å². The number of rotatable bonds is 3. The number of benzene rings is 2. The van der Waals surface area contributed by atoms with Gasteiger partial charge < -0.3 is 4.74 Å². The lowest BCUT2D eigenvalue weighted by Crippen LogP contribution is -1.94. The molecule has 0 unspecified atom stereocenters. The largest absolute Gasteiger partial charge is 0.450 e. The molecule has 0 aromatic heterocycles. The summed E-state index contributed by atoms with van der Waals surface area (Å²) in [6, 6.07) is 9.80. The Morgan fingerprint density at radius 3 is 2.63 bits per heavy atom. The average molecular weight is 343 g/mol. The number of nitrogens with zero attached hydrogens (tertiary/aromatic N) is 1. The van der Waals surface area contributed by atoms with E-state index in [0.717, 1.165) is 10.0 Å². The van der Waals surface area contributed by atoms with Gasteiger partial charge >= 0.3 is 5.69 Å². The van der Waals surface area contributed by atoms with Crippen LogP contribution in [0.25, 0.3) is 0 Å². The van der Waals surface area contributed by atoms with Gasteiger partial charge in [0.15, 0.2) is 0 Å². The molecule has 98 valence electrons. The highest BCUT2D eigenvalue weighted by atomic mass is 79.9. The van der Waals surface area contributed by atoms with Crippen molar-refractivity contribution in [2.45, 2.75) is 6.92 Å². The van der Waals surface area contributed by atoms with Gasteiger partial charge in [-0.3, -0.25) is 10.1 Å². The summed E-state index contributed by atoms with van der Waals surface area (Å²) < 4.78 is 6.44. The van der Waals surface area contributed by atoms with Crippen molar-refractivity contribution in [2.24, 2.45) is 0 Å². The van der Waals surface area contributed by atoms with E-state index in [9.17, 15) is 10.1 Å². The number of nitro benzene ring substituents is 1. The maximum atomic E-state index is 11.0. The van der Waals surface area contributed by atoms with Gasteiger partial charge in [0, 0.05) is 15.6 Å². The maximum Gasteiger partial charge on any atom is 0.313 e. The van der Waals surface area contributed by atoms with E-state index >= 15 is 0 Å². The van der Waals surface area contributed by atoms with E-state index in [1.807, 2.05) is 19.1 Å². The molecule has 0 heterocycles. The zero-order valence-corrected chi connectivity index (χ0v) is 12.2. The molecule has 0 N–H and O–H groups in total. The second-order valence-electron chi connectivity index (χ2n) is 3.88. The molecule has 0 saturated carbocycles. The van der Waals surface area contributed by atoms with Gasteiger partial charge in [0.2, 0.25) is 5.75 Å². The molecule has 0 aliphatic rings. The highest BCUT2D eigenvalue weighted by Gasteiger charge is 2.17. The monoisotopic (exact) mass is 341 g/mol. The fraction of sp³-hybridized carbons (Fsp3) is 0.0769. The number of hydrogen-bond donors (Lipinski definition) is 0. The quantitative estimate of drug-likeness (QED) is 0.575. The summed E-state index contributed by atoms with van der Waals surface area (Å²) in [5.41, 5.74) is 0.722. The highest BCUT2D eigenvalue weighted by molar-refractivity contribution is 9.10. The molecule has 0 saturated heterocycles. The summed E-state index contributed by atoms with van der Waals surface area (Å²) in [4.78, 5) is 10.5. The van der Waals surface area contributed by atoms with Crippen LogP contribution in [0.5, 0.6) is 11.5 Å². The van der Waals surface area contributed by atoms with Crippen molar-refractivity contribution in [2.75, 3.05) is 0 Å². The van der Waals surface area contributed by atoms with E-state index in [-0.39, 0.29) is 11.4 Å². The third-order valence-corrected chi connectivity index (χ3v) is 3.22. The Kier molecular flexibility index (Phi) is 4.07. The third kappa shape index (κ3) is 3.24. The van der Waals surface area contributed by atoms with Gasteiger partial charge in [-0.25, -0.2) is 0 Å². The number of aryl methyl sites for hydroxylation is 1. The van der Waals surface area contributed by atoms with Gasteiger partial charge in [-0.15, -0.1) is 0 Å². The summed E-state index contributed by atoms with van der Waals surface area (Å²) in [5, 5.41) is 11.3. The lowest BCUT2D eigenvalue weighted by Gasteiger charge is -2.09. The third-order valence-electron chi connectivity index (χ3n) is 2.49. The first-order valence-corrected chi connectivity index (χ1v) is 6.52. The van der Waals surface area contributed by atoms with Crippen LogP contribution in [0.2, 0.25) is 5.02 Å². The highest BCUT2D eigenvalue weighted by Crippen LogP contribution is 2.35. The van der Waals surface area contributed by atoms with Gasteiger partial charge in [0.05, 0.1) is 4.92 Å². The normalized spacial score (nSPS) is 10.3.